The number of benzene rings is 2. The van der Waals surface area contributed by atoms with Gasteiger partial charge in [0.05, 0.1) is 7.11 Å². The second kappa shape index (κ2) is 5.96. The van der Waals surface area contributed by atoms with Gasteiger partial charge in [-0.15, -0.1) is 0 Å². The molecule has 1 heterocycles. The predicted octanol–water partition coefficient (Wildman–Crippen LogP) is 3.16. The van der Waals surface area contributed by atoms with E-state index in [1.54, 1.807) is 7.11 Å². The summed E-state index contributed by atoms with van der Waals surface area (Å²) in [5, 5.41) is 0. The molecule has 0 unspecified atom stereocenters. The molecule has 116 valence electrons. The van der Waals surface area contributed by atoms with Gasteiger partial charge >= 0.3 is 0 Å². The van der Waals surface area contributed by atoms with E-state index in [9.17, 15) is 4.79 Å². The second-order valence-corrected chi connectivity index (χ2v) is 5.22. The maximum atomic E-state index is 11.8. The molecule has 0 bridgehead atoms. The van der Waals surface area contributed by atoms with Crippen molar-refractivity contribution < 1.29 is 9.53 Å². The first-order valence-electron chi connectivity index (χ1n) is 7.20. The lowest BCUT2D eigenvalue weighted by Crippen LogP contribution is -2.12. The minimum atomic E-state index is -0.539. The van der Waals surface area contributed by atoms with Gasteiger partial charge in [0.1, 0.15) is 23.0 Å². The Bertz CT molecular complexity index is 851. The zero-order chi connectivity index (χ0) is 16.4. The van der Waals surface area contributed by atoms with Crippen molar-refractivity contribution in [3.63, 3.8) is 0 Å². The van der Waals surface area contributed by atoms with E-state index in [0.717, 1.165) is 22.4 Å². The molecule has 1 amide bonds. The zero-order valence-electron chi connectivity index (χ0n) is 13.0. The molecule has 23 heavy (non-hydrogen) atoms. The summed E-state index contributed by atoms with van der Waals surface area (Å²) in [6.07, 6.45) is 0. The van der Waals surface area contributed by atoms with Crippen LogP contribution >= 0.6 is 0 Å². The molecule has 0 aliphatic heterocycles. The number of amides is 1. The first kappa shape index (κ1) is 14.8. The number of carbonyl (C=O) groups is 1. The number of methoxy groups -OCH3 is 1. The van der Waals surface area contributed by atoms with Gasteiger partial charge in [0.15, 0.2) is 0 Å². The molecule has 1 aromatic heterocycles. The number of H-pyrrole nitrogens is 1. The van der Waals surface area contributed by atoms with Crippen LogP contribution in [0, 0.1) is 6.92 Å². The molecule has 0 spiro atoms. The largest absolute Gasteiger partial charge is 0.497 e. The van der Waals surface area contributed by atoms with Crippen molar-refractivity contribution >= 4 is 5.91 Å². The summed E-state index contributed by atoms with van der Waals surface area (Å²) in [5.74, 6) is 0.829. The fraction of sp³-hybridized carbons (Fsp3) is 0.111. The van der Waals surface area contributed by atoms with Gasteiger partial charge in [0.25, 0.3) is 5.91 Å². The molecule has 0 fully saturated rings. The van der Waals surface area contributed by atoms with E-state index < -0.39 is 5.91 Å². The zero-order valence-corrected chi connectivity index (χ0v) is 13.0. The summed E-state index contributed by atoms with van der Waals surface area (Å²) in [4.78, 5) is 19.4. The van der Waals surface area contributed by atoms with Gasteiger partial charge in [-0.25, -0.2) is 4.98 Å². The van der Waals surface area contributed by atoms with E-state index in [-0.39, 0.29) is 0 Å². The number of hydrogen-bond donors (Lipinski definition) is 2. The first-order chi connectivity index (χ1) is 11.1. The van der Waals surface area contributed by atoms with E-state index in [0.29, 0.717) is 17.2 Å². The number of rotatable bonds is 4. The van der Waals surface area contributed by atoms with Crippen LogP contribution in [0.2, 0.25) is 0 Å². The lowest BCUT2D eigenvalue weighted by Gasteiger charge is -2.02. The molecule has 0 radical (unpaired) electrons. The third kappa shape index (κ3) is 2.81. The van der Waals surface area contributed by atoms with Gasteiger partial charge in [-0.3, -0.25) is 4.79 Å². The van der Waals surface area contributed by atoms with Crippen LogP contribution in [-0.4, -0.2) is 23.0 Å². The summed E-state index contributed by atoms with van der Waals surface area (Å²) >= 11 is 0. The minimum absolute atomic E-state index is 0.299. The molecule has 3 N–H and O–H groups in total. The Labute approximate surface area is 134 Å². The number of hydrogen-bond acceptors (Lipinski definition) is 3. The minimum Gasteiger partial charge on any atom is -0.497 e. The summed E-state index contributed by atoms with van der Waals surface area (Å²) in [6, 6.07) is 15.2. The number of carbonyl (C=O) groups excluding carboxylic acids is 1. The van der Waals surface area contributed by atoms with Gasteiger partial charge in [-0.05, 0) is 36.8 Å². The summed E-state index contributed by atoms with van der Waals surface area (Å²) in [7, 11) is 1.61. The summed E-state index contributed by atoms with van der Waals surface area (Å²) in [5.41, 5.74) is 9.15. The van der Waals surface area contributed by atoms with Gasteiger partial charge in [0, 0.05) is 11.1 Å². The molecule has 5 nitrogen and oxygen atoms in total. The number of ether oxygens (including phenoxy) is 1. The molecular formula is C18H17N3O2. The van der Waals surface area contributed by atoms with Crippen molar-refractivity contribution in [1.82, 2.24) is 9.97 Å². The van der Waals surface area contributed by atoms with Crippen LogP contribution in [0.15, 0.2) is 48.5 Å². The predicted molar refractivity (Wildman–Crippen MR) is 89.3 cm³/mol. The van der Waals surface area contributed by atoms with Crippen LogP contribution in [0.4, 0.5) is 0 Å². The normalized spacial score (nSPS) is 10.5. The van der Waals surface area contributed by atoms with E-state index in [1.807, 2.05) is 55.5 Å². The van der Waals surface area contributed by atoms with Crippen LogP contribution < -0.4 is 10.5 Å². The Hall–Kier alpha value is -3.08. The number of aryl methyl sites for hydroxylation is 1. The molecule has 2 aromatic carbocycles. The maximum absolute atomic E-state index is 11.8. The third-order valence-corrected chi connectivity index (χ3v) is 3.71. The highest BCUT2D eigenvalue weighted by Gasteiger charge is 2.18. The number of aromatic nitrogens is 2. The first-order valence-corrected chi connectivity index (χ1v) is 7.20. The Kier molecular flexibility index (Phi) is 3.85. The van der Waals surface area contributed by atoms with E-state index in [4.69, 9.17) is 10.5 Å². The summed E-state index contributed by atoms with van der Waals surface area (Å²) < 4.78 is 5.15. The van der Waals surface area contributed by atoms with Gasteiger partial charge in [0.2, 0.25) is 0 Å². The Morgan fingerprint density at radius 3 is 2.43 bits per heavy atom. The second-order valence-electron chi connectivity index (χ2n) is 5.22. The number of imidazole rings is 1. The highest BCUT2D eigenvalue weighted by Crippen LogP contribution is 2.28. The fourth-order valence-corrected chi connectivity index (χ4v) is 2.48. The van der Waals surface area contributed by atoms with Crippen molar-refractivity contribution in [3.05, 3.63) is 59.8 Å². The van der Waals surface area contributed by atoms with E-state index in [2.05, 4.69) is 9.97 Å². The molecule has 5 heteroatoms. The third-order valence-electron chi connectivity index (χ3n) is 3.71. The van der Waals surface area contributed by atoms with Crippen LogP contribution in [-0.2, 0) is 0 Å². The number of nitrogens with one attached hydrogen (secondary N) is 1. The van der Waals surface area contributed by atoms with Crippen LogP contribution in [0.5, 0.6) is 5.75 Å². The molecule has 0 aliphatic rings. The number of primary amides is 1. The molecule has 0 saturated carbocycles. The highest BCUT2D eigenvalue weighted by atomic mass is 16.5. The monoisotopic (exact) mass is 307 g/mol. The number of nitrogens with zero attached hydrogens (tertiary/aromatic N) is 1. The standard InChI is InChI=1S/C18H17N3O2/c1-11-5-3-4-6-14(11)18-20-15(16(21-18)17(19)22)12-7-9-13(23-2)10-8-12/h3-10H,1-2H3,(H2,19,22)(H,20,21). The number of aromatic amines is 1. The van der Waals surface area contributed by atoms with Crippen molar-refractivity contribution in [2.24, 2.45) is 5.73 Å². The quantitative estimate of drug-likeness (QED) is 0.777. The molecule has 3 rings (SSSR count). The molecule has 0 saturated heterocycles. The van der Waals surface area contributed by atoms with Crippen molar-refractivity contribution in [1.29, 1.82) is 0 Å². The van der Waals surface area contributed by atoms with Gasteiger partial charge in [-0.2, -0.15) is 0 Å². The topological polar surface area (TPSA) is 81.0 Å². The van der Waals surface area contributed by atoms with Crippen LogP contribution in [0.3, 0.4) is 0 Å². The molecule has 3 aromatic rings. The molecular weight excluding hydrogens is 290 g/mol. The molecule has 0 aliphatic carbocycles. The van der Waals surface area contributed by atoms with Crippen LogP contribution in [0.1, 0.15) is 16.1 Å². The Balaban J connectivity index is 2.13. The SMILES string of the molecule is COc1ccc(-c2nc(-c3ccccc3C)[nH]c2C(N)=O)cc1. The van der Waals surface area contributed by atoms with Crippen molar-refractivity contribution in [3.8, 4) is 28.4 Å². The van der Waals surface area contributed by atoms with E-state index in [1.165, 1.54) is 0 Å². The Morgan fingerprint density at radius 1 is 1.13 bits per heavy atom. The fourth-order valence-electron chi connectivity index (χ4n) is 2.48. The highest BCUT2D eigenvalue weighted by molar-refractivity contribution is 5.98. The average molecular weight is 307 g/mol. The van der Waals surface area contributed by atoms with Crippen LogP contribution in [0.25, 0.3) is 22.6 Å². The van der Waals surface area contributed by atoms with Gasteiger partial charge in [-0.1, -0.05) is 24.3 Å². The Morgan fingerprint density at radius 2 is 1.83 bits per heavy atom. The average Bonchev–Trinajstić information content (AvgIpc) is 3.01. The molecule has 0 atom stereocenters. The van der Waals surface area contributed by atoms with Gasteiger partial charge < -0.3 is 15.5 Å². The number of nitrogens with two attached hydrogens (primary N) is 1. The summed E-state index contributed by atoms with van der Waals surface area (Å²) in [6.45, 7) is 1.99. The van der Waals surface area contributed by atoms with Crippen molar-refractivity contribution in [2.45, 2.75) is 6.92 Å². The lowest BCUT2D eigenvalue weighted by molar-refractivity contribution is 0.0997. The van der Waals surface area contributed by atoms with Crippen molar-refractivity contribution in [2.75, 3.05) is 7.11 Å². The maximum Gasteiger partial charge on any atom is 0.267 e. The smallest absolute Gasteiger partial charge is 0.267 e. The lowest BCUT2D eigenvalue weighted by atomic mass is 10.1. The van der Waals surface area contributed by atoms with E-state index >= 15 is 0 Å².